The lowest BCUT2D eigenvalue weighted by atomic mass is 10.1. The number of aliphatic carboxylic acids is 1. The second kappa shape index (κ2) is 5.88. The van der Waals surface area contributed by atoms with Crippen LogP contribution in [0.5, 0.6) is 0 Å². The highest BCUT2D eigenvalue weighted by Gasteiger charge is 2.17. The van der Waals surface area contributed by atoms with Crippen molar-refractivity contribution < 1.29 is 15.0 Å². The number of hydrogen-bond acceptors (Lipinski definition) is 3. The van der Waals surface area contributed by atoms with Gasteiger partial charge in [-0.15, -0.1) is 0 Å². The van der Waals surface area contributed by atoms with Gasteiger partial charge in [0.1, 0.15) is 0 Å². The summed E-state index contributed by atoms with van der Waals surface area (Å²) in [7, 11) is 0. The number of carboxylic acids is 1. The van der Waals surface area contributed by atoms with Gasteiger partial charge < -0.3 is 10.2 Å². The number of aliphatic hydroxyl groups is 1. The van der Waals surface area contributed by atoms with Gasteiger partial charge in [0.2, 0.25) is 0 Å². The van der Waals surface area contributed by atoms with Crippen molar-refractivity contribution in [3.8, 4) is 0 Å². The number of carboxylic acid groups (broad SMARTS) is 1. The first-order valence-corrected chi connectivity index (χ1v) is 5.09. The van der Waals surface area contributed by atoms with Gasteiger partial charge in [0, 0.05) is 19.2 Å². The molecule has 0 saturated heterocycles. The zero-order valence-corrected chi connectivity index (χ0v) is 9.95. The van der Waals surface area contributed by atoms with Crippen LogP contribution < -0.4 is 0 Å². The molecule has 0 aromatic carbocycles. The Morgan fingerprint density at radius 3 is 2.33 bits per heavy atom. The van der Waals surface area contributed by atoms with E-state index in [2.05, 4.69) is 0 Å². The third-order valence-electron chi connectivity index (χ3n) is 1.90. The predicted molar refractivity (Wildman–Crippen MR) is 59.8 cm³/mol. The molecule has 0 spiro atoms. The number of nitrogens with zero attached hydrogens (tertiary/aromatic N) is 1. The summed E-state index contributed by atoms with van der Waals surface area (Å²) in [4.78, 5) is 12.4. The Hall–Kier alpha value is -0.870. The average Bonchev–Trinajstić information content (AvgIpc) is 1.98. The van der Waals surface area contributed by atoms with E-state index in [4.69, 9.17) is 5.11 Å². The van der Waals surface area contributed by atoms with Gasteiger partial charge in [0.05, 0.1) is 5.60 Å². The molecule has 0 fully saturated rings. The van der Waals surface area contributed by atoms with E-state index in [0.717, 1.165) is 12.1 Å². The van der Waals surface area contributed by atoms with Crippen LogP contribution >= 0.6 is 0 Å². The molecule has 4 heteroatoms. The van der Waals surface area contributed by atoms with Gasteiger partial charge in [-0.2, -0.15) is 0 Å². The Morgan fingerprint density at radius 1 is 1.47 bits per heavy atom. The van der Waals surface area contributed by atoms with Gasteiger partial charge in [-0.25, -0.2) is 4.79 Å². The number of rotatable bonds is 6. The van der Waals surface area contributed by atoms with Crippen molar-refractivity contribution in [3.05, 3.63) is 11.6 Å². The van der Waals surface area contributed by atoms with Crippen LogP contribution in [0.4, 0.5) is 0 Å². The van der Waals surface area contributed by atoms with Gasteiger partial charge in [0.25, 0.3) is 0 Å². The van der Waals surface area contributed by atoms with Crippen molar-refractivity contribution in [2.24, 2.45) is 0 Å². The van der Waals surface area contributed by atoms with Crippen LogP contribution in [0.1, 0.15) is 27.7 Å². The zero-order valence-electron chi connectivity index (χ0n) is 9.95. The van der Waals surface area contributed by atoms with Crippen molar-refractivity contribution in [2.75, 3.05) is 19.6 Å². The van der Waals surface area contributed by atoms with Crippen molar-refractivity contribution >= 4 is 5.97 Å². The minimum absolute atomic E-state index is 0.536. The number of likely N-dealkylation sites (N-methyl/N-ethyl adjacent to an activating group) is 1. The van der Waals surface area contributed by atoms with Gasteiger partial charge in [0.15, 0.2) is 0 Å². The minimum Gasteiger partial charge on any atom is -0.478 e. The molecule has 0 amide bonds. The summed E-state index contributed by atoms with van der Waals surface area (Å²) in [6, 6.07) is 0. The molecule has 0 aliphatic rings. The van der Waals surface area contributed by atoms with Crippen LogP contribution in [-0.4, -0.2) is 46.3 Å². The molecule has 0 aromatic rings. The number of carbonyl (C=O) groups is 1. The standard InChI is InChI=1S/C11H21NO3/c1-5-12(8-11(3,4)15)7-9(2)6-10(13)14/h6,15H,5,7-8H2,1-4H3,(H,13,14). The maximum absolute atomic E-state index is 10.4. The van der Waals surface area contributed by atoms with Crippen LogP contribution in [0.25, 0.3) is 0 Å². The Morgan fingerprint density at radius 2 is 2.00 bits per heavy atom. The largest absolute Gasteiger partial charge is 0.478 e. The molecule has 0 unspecified atom stereocenters. The SMILES string of the molecule is CCN(CC(C)=CC(=O)O)CC(C)(C)O. The topological polar surface area (TPSA) is 60.8 Å². The molecule has 0 rings (SSSR count). The summed E-state index contributed by atoms with van der Waals surface area (Å²) in [5.41, 5.74) is 0.0353. The van der Waals surface area contributed by atoms with Crippen LogP contribution in [-0.2, 0) is 4.79 Å². The van der Waals surface area contributed by atoms with Crippen molar-refractivity contribution in [1.29, 1.82) is 0 Å². The van der Waals surface area contributed by atoms with E-state index in [9.17, 15) is 9.90 Å². The molecule has 0 aliphatic heterocycles. The highest BCUT2D eigenvalue weighted by molar-refractivity contribution is 5.80. The normalized spacial score (nSPS) is 13.3. The van der Waals surface area contributed by atoms with Crippen molar-refractivity contribution in [3.63, 3.8) is 0 Å². The number of hydrogen-bond donors (Lipinski definition) is 2. The molecular formula is C11H21NO3. The fourth-order valence-electron chi connectivity index (χ4n) is 1.44. The van der Waals surface area contributed by atoms with Crippen LogP contribution in [0.2, 0.25) is 0 Å². The summed E-state index contributed by atoms with van der Waals surface area (Å²) in [5, 5.41) is 18.2. The molecule has 4 nitrogen and oxygen atoms in total. The smallest absolute Gasteiger partial charge is 0.328 e. The first-order valence-electron chi connectivity index (χ1n) is 5.09. The van der Waals surface area contributed by atoms with Crippen LogP contribution in [0.3, 0.4) is 0 Å². The highest BCUT2D eigenvalue weighted by Crippen LogP contribution is 2.07. The fourth-order valence-corrected chi connectivity index (χ4v) is 1.44. The van der Waals surface area contributed by atoms with Crippen molar-refractivity contribution in [2.45, 2.75) is 33.3 Å². The van der Waals surface area contributed by atoms with E-state index in [1.54, 1.807) is 20.8 Å². The summed E-state index contributed by atoms with van der Waals surface area (Å²) in [6.45, 7) is 9.15. The molecule has 0 radical (unpaired) electrons. The molecule has 2 N–H and O–H groups in total. The van der Waals surface area contributed by atoms with Gasteiger partial charge in [-0.1, -0.05) is 12.5 Å². The first kappa shape index (κ1) is 14.1. The minimum atomic E-state index is -0.924. The second-order valence-corrected chi connectivity index (χ2v) is 4.44. The van der Waals surface area contributed by atoms with Gasteiger partial charge in [-0.3, -0.25) is 4.90 Å². The quantitative estimate of drug-likeness (QED) is 0.652. The Kier molecular flexibility index (Phi) is 5.54. The second-order valence-electron chi connectivity index (χ2n) is 4.44. The average molecular weight is 215 g/mol. The highest BCUT2D eigenvalue weighted by atomic mass is 16.4. The molecule has 0 aliphatic carbocycles. The summed E-state index contributed by atoms with van der Waals surface area (Å²) in [6.07, 6.45) is 1.20. The van der Waals surface area contributed by atoms with E-state index in [-0.39, 0.29) is 0 Å². The third kappa shape index (κ3) is 8.15. The Labute approximate surface area is 91.2 Å². The zero-order chi connectivity index (χ0) is 12.1. The summed E-state index contributed by atoms with van der Waals surface area (Å²) >= 11 is 0. The molecular weight excluding hydrogens is 194 g/mol. The van der Waals surface area contributed by atoms with E-state index in [0.29, 0.717) is 13.1 Å². The Bertz CT molecular complexity index is 241. The molecule has 0 heterocycles. The maximum Gasteiger partial charge on any atom is 0.328 e. The van der Waals surface area contributed by atoms with Gasteiger partial charge in [-0.05, 0) is 27.3 Å². The van der Waals surface area contributed by atoms with Crippen LogP contribution in [0, 0.1) is 0 Å². The maximum atomic E-state index is 10.4. The van der Waals surface area contributed by atoms with Crippen molar-refractivity contribution in [1.82, 2.24) is 4.90 Å². The summed E-state index contributed by atoms with van der Waals surface area (Å²) in [5.74, 6) is -0.924. The predicted octanol–water partition coefficient (Wildman–Crippen LogP) is 1.11. The van der Waals surface area contributed by atoms with E-state index < -0.39 is 11.6 Å². The molecule has 88 valence electrons. The lowest BCUT2D eigenvalue weighted by Gasteiger charge is -2.28. The van der Waals surface area contributed by atoms with E-state index >= 15 is 0 Å². The molecule has 15 heavy (non-hydrogen) atoms. The van der Waals surface area contributed by atoms with Crippen LogP contribution in [0.15, 0.2) is 11.6 Å². The molecule has 0 aromatic heterocycles. The van der Waals surface area contributed by atoms with Gasteiger partial charge >= 0.3 is 5.97 Å². The Balaban J connectivity index is 4.28. The monoisotopic (exact) mass is 215 g/mol. The molecule has 0 atom stereocenters. The van der Waals surface area contributed by atoms with E-state index in [1.165, 1.54) is 6.08 Å². The first-order chi connectivity index (χ1) is 6.74. The lowest BCUT2D eigenvalue weighted by molar-refractivity contribution is -0.131. The van der Waals surface area contributed by atoms with E-state index in [1.807, 2.05) is 11.8 Å². The summed E-state index contributed by atoms with van der Waals surface area (Å²) < 4.78 is 0. The molecule has 0 saturated carbocycles. The lowest BCUT2D eigenvalue weighted by Crippen LogP contribution is -2.39. The fraction of sp³-hybridized carbons (Fsp3) is 0.727. The third-order valence-corrected chi connectivity index (χ3v) is 1.90. The molecule has 0 bridgehead atoms.